The molecule has 4 aromatic rings. The molecule has 0 radical (unpaired) electrons. The number of rotatable bonds is 6. The Kier molecular flexibility index (Phi) is 6.84. The third-order valence-corrected chi connectivity index (χ3v) is 10.4. The van der Waals surface area contributed by atoms with Gasteiger partial charge in [0.1, 0.15) is 35.7 Å². The molecule has 4 fully saturated rings. The first-order valence-electron chi connectivity index (χ1n) is 15.8. The molecule has 7 nitrogen and oxygen atoms in total. The summed E-state index contributed by atoms with van der Waals surface area (Å²) < 4.78 is 82.0. The predicted octanol–water partition coefficient (Wildman–Crippen LogP) is 6.66. The lowest BCUT2D eigenvalue weighted by molar-refractivity contribution is 0.107. The molecule has 242 valence electrons. The highest BCUT2D eigenvalue weighted by atomic mass is 19.3. The third-order valence-electron chi connectivity index (χ3n) is 10.4. The molecule has 0 spiro atoms. The van der Waals surface area contributed by atoms with Crippen molar-refractivity contribution in [2.75, 3.05) is 37.7 Å². The average Bonchev–Trinajstić information content (AvgIpc) is 3.63. The summed E-state index contributed by atoms with van der Waals surface area (Å²) in [6.07, 6.45) is -0.00743. The average molecular weight is 640 g/mol. The van der Waals surface area contributed by atoms with E-state index in [1.807, 2.05) is 4.90 Å². The second kappa shape index (κ2) is 10.6. The fourth-order valence-electron chi connectivity index (χ4n) is 8.48. The number of phenolic OH excluding ortho intramolecular Hbond substituents is 1. The lowest BCUT2D eigenvalue weighted by atomic mass is 9.92. The zero-order valence-corrected chi connectivity index (χ0v) is 25.3. The van der Waals surface area contributed by atoms with Crippen molar-refractivity contribution in [3.05, 3.63) is 53.6 Å². The van der Waals surface area contributed by atoms with Gasteiger partial charge in [-0.25, -0.2) is 22.0 Å². The summed E-state index contributed by atoms with van der Waals surface area (Å²) in [5, 5.41) is 14.4. The number of hydrogen-bond donors (Lipinski definition) is 2. The molecule has 0 aliphatic carbocycles. The number of aromatic hydroxyl groups is 1. The van der Waals surface area contributed by atoms with Crippen LogP contribution in [-0.4, -0.2) is 76.1 Å². The van der Waals surface area contributed by atoms with Crippen LogP contribution in [0.15, 0.2) is 36.4 Å². The minimum atomic E-state index is -2.93. The van der Waals surface area contributed by atoms with Gasteiger partial charge < -0.3 is 20.1 Å². The van der Waals surface area contributed by atoms with E-state index in [1.54, 1.807) is 0 Å². The molecule has 4 saturated heterocycles. The Hall–Kier alpha value is -3.77. The highest BCUT2D eigenvalue weighted by molar-refractivity contribution is 6.03. The number of fused-ring (bicyclic) bond motifs is 5. The molecule has 2 unspecified atom stereocenters. The van der Waals surface area contributed by atoms with E-state index in [9.17, 15) is 18.3 Å². The molecule has 5 heterocycles. The van der Waals surface area contributed by atoms with Gasteiger partial charge in [-0.2, -0.15) is 9.97 Å². The fourth-order valence-corrected chi connectivity index (χ4v) is 8.48. The lowest BCUT2D eigenvalue weighted by Crippen LogP contribution is -2.58. The zero-order chi connectivity index (χ0) is 32.0. The van der Waals surface area contributed by atoms with Crippen LogP contribution in [0.4, 0.5) is 27.8 Å². The number of aromatic nitrogens is 2. The van der Waals surface area contributed by atoms with E-state index in [0.29, 0.717) is 31.9 Å². The predicted molar refractivity (Wildman–Crippen MR) is 164 cm³/mol. The Morgan fingerprint density at radius 3 is 2.78 bits per heavy atom. The summed E-state index contributed by atoms with van der Waals surface area (Å²) in [6.45, 7) is 4.42. The van der Waals surface area contributed by atoms with Gasteiger partial charge in [-0.15, -0.1) is 0 Å². The van der Waals surface area contributed by atoms with Crippen LogP contribution in [0, 0.1) is 11.6 Å². The maximum atomic E-state index is 16.8. The molecular formula is C34H34F5N5O2. The maximum Gasteiger partial charge on any atom is 0.319 e. The van der Waals surface area contributed by atoms with Crippen LogP contribution in [0.3, 0.4) is 0 Å². The number of alkyl halides is 3. The quantitative estimate of drug-likeness (QED) is 0.229. The van der Waals surface area contributed by atoms with Crippen LogP contribution >= 0.6 is 0 Å². The Bertz CT molecular complexity index is 1880. The summed E-state index contributed by atoms with van der Waals surface area (Å²) in [5.41, 5.74) is -2.15. The van der Waals surface area contributed by atoms with Crippen LogP contribution in [-0.2, 0) is 0 Å². The van der Waals surface area contributed by atoms with Gasteiger partial charge in [0.05, 0.1) is 11.1 Å². The Morgan fingerprint density at radius 1 is 1.13 bits per heavy atom. The number of nitrogens with one attached hydrogen (secondary N) is 1. The van der Waals surface area contributed by atoms with Crippen LogP contribution < -0.4 is 15.0 Å². The van der Waals surface area contributed by atoms with Gasteiger partial charge in [0.15, 0.2) is 5.82 Å². The van der Waals surface area contributed by atoms with Gasteiger partial charge in [0.2, 0.25) is 0 Å². The molecular weight excluding hydrogens is 605 g/mol. The summed E-state index contributed by atoms with van der Waals surface area (Å²) in [6, 6.07) is 7.68. The summed E-state index contributed by atoms with van der Waals surface area (Å²) >= 11 is 0. The topological polar surface area (TPSA) is 73.8 Å². The monoisotopic (exact) mass is 639 g/mol. The number of benzene rings is 3. The molecule has 46 heavy (non-hydrogen) atoms. The van der Waals surface area contributed by atoms with Crippen LogP contribution in [0.1, 0.15) is 51.0 Å². The molecule has 12 heteroatoms. The highest BCUT2D eigenvalue weighted by Crippen LogP contribution is 2.44. The van der Waals surface area contributed by atoms with E-state index in [0.717, 1.165) is 44.4 Å². The molecule has 8 rings (SSSR count). The van der Waals surface area contributed by atoms with Gasteiger partial charge in [-0.05, 0) is 73.7 Å². The maximum absolute atomic E-state index is 16.8. The smallest absolute Gasteiger partial charge is 0.319 e. The van der Waals surface area contributed by atoms with E-state index >= 15 is 8.78 Å². The van der Waals surface area contributed by atoms with E-state index in [-0.39, 0.29) is 57.2 Å². The van der Waals surface area contributed by atoms with Gasteiger partial charge in [0, 0.05) is 48.6 Å². The molecule has 4 aliphatic rings. The summed E-state index contributed by atoms with van der Waals surface area (Å²) in [7, 11) is 0. The van der Waals surface area contributed by atoms with Crippen molar-refractivity contribution in [2.24, 2.45) is 0 Å². The van der Waals surface area contributed by atoms with Gasteiger partial charge in [0.25, 0.3) is 6.43 Å². The second-order valence-electron chi connectivity index (χ2n) is 13.7. The number of piperazine rings is 1. The first kappa shape index (κ1) is 29.6. The van der Waals surface area contributed by atoms with E-state index in [4.69, 9.17) is 9.72 Å². The van der Waals surface area contributed by atoms with E-state index in [2.05, 4.69) is 22.1 Å². The van der Waals surface area contributed by atoms with Gasteiger partial charge >= 0.3 is 6.01 Å². The minimum Gasteiger partial charge on any atom is -0.508 e. The van der Waals surface area contributed by atoms with Crippen molar-refractivity contribution in [1.29, 1.82) is 0 Å². The molecule has 0 amide bonds. The standard InChI is InChI=1S/C34H34F5N5O2/c1-33-8-6-20(42-33)15-43(16-33)31-24-12-25(36)27(23-11-21(45)10-18-4-2-5-22(26(18)23)30(38)39)28(37)29(24)40-32(41-31)46-17-34-7-3-9-44(34)14-19(35)13-34/h2,4-5,10-12,19-20,30,42,45H,3,6-9,13-17H2,1H3/t19-,20?,33+,34?/m1/s1. The number of nitrogens with zero attached hydrogens (tertiary/aromatic N) is 4. The lowest BCUT2D eigenvalue weighted by Gasteiger charge is -2.40. The third kappa shape index (κ3) is 4.74. The molecule has 0 saturated carbocycles. The van der Waals surface area contributed by atoms with Crippen molar-refractivity contribution in [2.45, 2.75) is 68.7 Å². The van der Waals surface area contributed by atoms with Gasteiger partial charge in [-0.3, -0.25) is 4.90 Å². The van der Waals surface area contributed by atoms with Crippen molar-refractivity contribution >= 4 is 27.5 Å². The largest absolute Gasteiger partial charge is 0.508 e. The molecule has 2 bridgehead atoms. The zero-order valence-electron chi connectivity index (χ0n) is 25.3. The molecule has 4 aliphatic heterocycles. The van der Waals surface area contributed by atoms with E-state index < -0.39 is 40.9 Å². The number of halogens is 5. The van der Waals surface area contributed by atoms with Crippen molar-refractivity contribution < 1.29 is 31.8 Å². The van der Waals surface area contributed by atoms with Crippen LogP contribution in [0.25, 0.3) is 32.8 Å². The molecule has 2 N–H and O–H groups in total. The fraction of sp³-hybridized carbons (Fsp3) is 0.471. The number of phenols is 1. The Balaban J connectivity index is 1.30. The van der Waals surface area contributed by atoms with Crippen LogP contribution in [0.2, 0.25) is 0 Å². The Morgan fingerprint density at radius 2 is 1.98 bits per heavy atom. The highest BCUT2D eigenvalue weighted by Gasteiger charge is 2.49. The van der Waals surface area contributed by atoms with Gasteiger partial charge in [-0.1, -0.05) is 18.2 Å². The number of ether oxygens (including phenoxy) is 1. The second-order valence-corrected chi connectivity index (χ2v) is 13.7. The van der Waals surface area contributed by atoms with Crippen molar-refractivity contribution in [3.8, 4) is 22.9 Å². The number of anilines is 1. The van der Waals surface area contributed by atoms with Crippen LogP contribution in [0.5, 0.6) is 11.8 Å². The Labute approximate surface area is 262 Å². The first-order chi connectivity index (χ1) is 22.0. The first-order valence-corrected chi connectivity index (χ1v) is 15.8. The normalized spacial score (nSPS) is 27.8. The van der Waals surface area contributed by atoms with Crippen molar-refractivity contribution in [3.63, 3.8) is 0 Å². The van der Waals surface area contributed by atoms with E-state index in [1.165, 1.54) is 24.3 Å². The molecule has 4 atom stereocenters. The molecule has 1 aromatic heterocycles. The number of hydrogen-bond acceptors (Lipinski definition) is 7. The van der Waals surface area contributed by atoms with Crippen molar-refractivity contribution in [1.82, 2.24) is 20.2 Å². The SMILES string of the molecule is C[C@]12CCC(CN(c3nc(OCC45CCCN4C[C@H](F)C5)nc4c(F)c(-c5cc(O)cc6cccc(C(F)F)c56)c(F)cc34)C1)N2. The minimum absolute atomic E-state index is 0.0627. The summed E-state index contributed by atoms with van der Waals surface area (Å²) in [5.74, 6) is -2.08. The molecule has 3 aromatic carbocycles. The summed E-state index contributed by atoms with van der Waals surface area (Å²) in [4.78, 5) is 13.2.